The van der Waals surface area contributed by atoms with Crippen LogP contribution < -0.4 is 22.3 Å². The minimum Gasteiger partial charge on any atom is -0.338 e. The molecule has 2 atom stereocenters. The minimum atomic E-state index is -0.772. The molecule has 2 aromatic carbocycles. The normalized spacial score (nSPS) is 12.9. The number of nitrogens with zero attached hydrogens (tertiary/aromatic N) is 3. The largest absolute Gasteiger partial charge is 0.338 e. The molecule has 0 aliphatic rings. The molecule has 0 saturated heterocycles. The van der Waals surface area contributed by atoms with E-state index in [1.54, 1.807) is 11.1 Å². The molecule has 0 unspecified atom stereocenters. The number of nitrogens with one attached hydrogen (secondary N) is 2. The first-order valence-electron chi connectivity index (χ1n) is 14.4. The Balaban J connectivity index is 2.05. The maximum atomic E-state index is 14.9. The lowest BCUT2D eigenvalue weighted by Crippen LogP contribution is -2.48. The molecule has 6 N–H and O–H groups in total. The van der Waals surface area contributed by atoms with Gasteiger partial charge in [0.05, 0.1) is 11.7 Å². The Bertz CT molecular complexity index is 1340. The van der Waals surface area contributed by atoms with Crippen LogP contribution in [0.1, 0.15) is 63.9 Å². The summed E-state index contributed by atoms with van der Waals surface area (Å²) in [4.78, 5) is 31.6. The van der Waals surface area contributed by atoms with E-state index in [-0.39, 0.29) is 43.1 Å². The van der Waals surface area contributed by atoms with Crippen molar-refractivity contribution in [2.45, 2.75) is 65.1 Å². The van der Waals surface area contributed by atoms with Gasteiger partial charge in [0.2, 0.25) is 5.91 Å². The van der Waals surface area contributed by atoms with E-state index in [0.717, 1.165) is 23.8 Å². The molecule has 3 rings (SSSR count). The fourth-order valence-corrected chi connectivity index (χ4v) is 4.88. The predicted molar refractivity (Wildman–Crippen MR) is 160 cm³/mol. The van der Waals surface area contributed by atoms with E-state index >= 15 is 0 Å². The molecule has 0 saturated carbocycles. The van der Waals surface area contributed by atoms with Gasteiger partial charge in [0.1, 0.15) is 24.1 Å². The van der Waals surface area contributed by atoms with Gasteiger partial charge in [0, 0.05) is 43.9 Å². The number of hydrogen-bond donors (Lipinski definition) is 4. The molecular weight excluding hydrogens is 559 g/mol. The van der Waals surface area contributed by atoms with Crippen molar-refractivity contribution in [2.24, 2.45) is 17.0 Å². The van der Waals surface area contributed by atoms with Gasteiger partial charge < -0.3 is 20.5 Å². The summed E-state index contributed by atoms with van der Waals surface area (Å²) in [5, 5.41) is 2.91. The van der Waals surface area contributed by atoms with Gasteiger partial charge in [-0.05, 0) is 48.4 Å². The molecule has 43 heavy (non-hydrogen) atoms. The highest BCUT2D eigenvalue weighted by atomic mass is 19.1. The molecule has 9 nitrogen and oxygen atoms in total. The standard InChI is InChI=1S/C31H42F3N7O2/c1-31(2,3)28(41(16-14-23(35)18-32)30(43)37-15-8-7-11-27(42)39-36)29-38-26(24-17-22(33)12-13-25(24)34)20-40(29)19-21-9-5-4-6-10-21/h4-6,9-10,12-13,17,20,23,28H,7-8,11,14-16,18-19,35-36H2,1-3H3,(H,37,43)(H,39,42)/t23-,28-/m0/s1. The molecule has 0 aliphatic carbocycles. The van der Waals surface area contributed by atoms with Crippen LogP contribution in [0.3, 0.4) is 0 Å². The Kier molecular flexibility index (Phi) is 12.1. The number of hydrazine groups is 1. The number of rotatable bonds is 14. The molecule has 234 valence electrons. The minimum absolute atomic E-state index is 0.00214. The van der Waals surface area contributed by atoms with Gasteiger partial charge in [0.25, 0.3) is 0 Å². The number of amides is 3. The van der Waals surface area contributed by atoms with Gasteiger partial charge in [-0.15, -0.1) is 0 Å². The number of imidazole rings is 1. The highest BCUT2D eigenvalue weighted by Gasteiger charge is 2.38. The van der Waals surface area contributed by atoms with Crippen LogP contribution >= 0.6 is 0 Å². The molecule has 0 fully saturated rings. The Morgan fingerprint density at radius 2 is 1.81 bits per heavy atom. The number of unbranched alkanes of at least 4 members (excludes halogenated alkanes) is 1. The lowest BCUT2D eigenvalue weighted by molar-refractivity contribution is -0.121. The van der Waals surface area contributed by atoms with Crippen molar-refractivity contribution in [3.05, 3.63) is 77.8 Å². The predicted octanol–water partition coefficient (Wildman–Crippen LogP) is 4.82. The van der Waals surface area contributed by atoms with Crippen LogP contribution in [0.15, 0.2) is 54.7 Å². The van der Waals surface area contributed by atoms with Crippen molar-refractivity contribution in [2.75, 3.05) is 19.8 Å². The van der Waals surface area contributed by atoms with E-state index < -0.39 is 41.8 Å². The molecule has 3 amide bonds. The summed E-state index contributed by atoms with van der Waals surface area (Å²) in [6, 6.07) is 10.9. The molecule has 1 heterocycles. The second-order valence-electron chi connectivity index (χ2n) is 11.6. The molecule has 12 heteroatoms. The van der Waals surface area contributed by atoms with Crippen LogP contribution in [-0.2, 0) is 11.3 Å². The fraction of sp³-hybridized carbons (Fsp3) is 0.452. The maximum Gasteiger partial charge on any atom is 0.318 e. The van der Waals surface area contributed by atoms with Crippen molar-refractivity contribution in [1.82, 2.24) is 25.2 Å². The van der Waals surface area contributed by atoms with E-state index in [1.807, 2.05) is 55.7 Å². The van der Waals surface area contributed by atoms with Crippen LogP contribution in [0.25, 0.3) is 11.3 Å². The van der Waals surface area contributed by atoms with Gasteiger partial charge in [-0.25, -0.2) is 28.8 Å². The molecular formula is C31H42F3N7O2. The van der Waals surface area contributed by atoms with E-state index in [0.29, 0.717) is 25.2 Å². The van der Waals surface area contributed by atoms with Crippen LogP contribution in [0.4, 0.5) is 18.0 Å². The van der Waals surface area contributed by atoms with E-state index in [9.17, 15) is 22.8 Å². The Hall–Kier alpha value is -3.90. The van der Waals surface area contributed by atoms with Gasteiger partial charge >= 0.3 is 6.03 Å². The summed E-state index contributed by atoms with van der Waals surface area (Å²) < 4.78 is 44.3. The lowest BCUT2D eigenvalue weighted by atomic mass is 9.84. The number of benzene rings is 2. The first-order valence-corrected chi connectivity index (χ1v) is 14.4. The SMILES string of the molecule is CC(C)(C)[C@H](c1nc(-c2cc(F)ccc2F)cn1Cc1ccccc1)N(CC[C@H](N)CF)C(=O)NCCCCC(=O)NN. The highest BCUT2D eigenvalue weighted by Crippen LogP contribution is 2.39. The topological polar surface area (TPSA) is 131 Å². The number of hydrogen-bond acceptors (Lipinski definition) is 5. The van der Waals surface area contributed by atoms with Crippen molar-refractivity contribution in [3.63, 3.8) is 0 Å². The van der Waals surface area contributed by atoms with Crippen LogP contribution in [-0.4, -0.2) is 52.2 Å². The number of halogens is 3. The van der Waals surface area contributed by atoms with Gasteiger partial charge in [-0.2, -0.15) is 0 Å². The highest BCUT2D eigenvalue weighted by molar-refractivity contribution is 5.75. The third kappa shape index (κ3) is 9.55. The summed E-state index contributed by atoms with van der Waals surface area (Å²) >= 11 is 0. The number of urea groups is 1. The fourth-order valence-electron chi connectivity index (χ4n) is 4.88. The average molecular weight is 602 g/mol. The lowest BCUT2D eigenvalue weighted by Gasteiger charge is -2.40. The molecule has 0 radical (unpaired) electrons. The monoisotopic (exact) mass is 601 g/mol. The van der Waals surface area contributed by atoms with Crippen molar-refractivity contribution >= 4 is 11.9 Å². The summed E-state index contributed by atoms with van der Waals surface area (Å²) in [6.07, 6.45) is 3.12. The quantitative estimate of drug-likeness (QED) is 0.0911. The number of aromatic nitrogens is 2. The number of alkyl halides is 1. The smallest absolute Gasteiger partial charge is 0.318 e. The zero-order valence-electron chi connectivity index (χ0n) is 25.0. The van der Waals surface area contributed by atoms with Crippen LogP contribution in [0.5, 0.6) is 0 Å². The van der Waals surface area contributed by atoms with Crippen molar-refractivity contribution < 1.29 is 22.8 Å². The molecule has 0 bridgehead atoms. The molecule has 0 aliphatic heterocycles. The third-order valence-corrected chi connectivity index (χ3v) is 7.05. The Morgan fingerprint density at radius 3 is 2.47 bits per heavy atom. The van der Waals surface area contributed by atoms with Gasteiger partial charge in [-0.3, -0.25) is 10.2 Å². The van der Waals surface area contributed by atoms with Crippen LogP contribution in [0.2, 0.25) is 0 Å². The van der Waals surface area contributed by atoms with E-state index in [2.05, 4.69) is 10.7 Å². The van der Waals surface area contributed by atoms with Crippen molar-refractivity contribution in [3.8, 4) is 11.3 Å². The first-order chi connectivity index (χ1) is 20.4. The second kappa shape index (κ2) is 15.5. The van der Waals surface area contributed by atoms with Crippen molar-refractivity contribution in [1.29, 1.82) is 0 Å². The summed E-state index contributed by atoms with van der Waals surface area (Å²) in [5.74, 6) is 4.06. The average Bonchev–Trinajstić information content (AvgIpc) is 3.37. The summed E-state index contributed by atoms with van der Waals surface area (Å²) in [7, 11) is 0. The zero-order chi connectivity index (χ0) is 31.6. The molecule has 3 aromatic rings. The maximum absolute atomic E-state index is 14.9. The zero-order valence-corrected chi connectivity index (χ0v) is 25.0. The third-order valence-electron chi connectivity index (χ3n) is 7.05. The Morgan fingerprint density at radius 1 is 1.09 bits per heavy atom. The van der Waals surface area contributed by atoms with Crippen LogP contribution in [0, 0.1) is 17.0 Å². The molecule has 0 spiro atoms. The summed E-state index contributed by atoms with van der Waals surface area (Å²) in [6.45, 7) is 5.86. The number of nitrogens with two attached hydrogens (primary N) is 2. The Labute approximate surface area is 250 Å². The number of carbonyl (C=O) groups is 2. The molecule has 1 aromatic heterocycles. The van der Waals surface area contributed by atoms with Gasteiger partial charge in [0.15, 0.2) is 0 Å². The second-order valence-corrected chi connectivity index (χ2v) is 11.6. The van der Waals surface area contributed by atoms with E-state index in [1.165, 1.54) is 0 Å². The number of carbonyl (C=O) groups excluding carboxylic acids is 2. The van der Waals surface area contributed by atoms with Gasteiger partial charge in [-0.1, -0.05) is 51.1 Å². The van der Waals surface area contributed by atoms with E-state index in [4.69, 9.17) is 16.6 Å². The first kappa shape index (κ1) is 33.6. The summed E-state index contributed by atoms with van der Waals surface area (Å²) in [5.41, 5.74) is 8.55.